The Morgan fingerprint density at radius 2 is 1.38 bits per heavy atom. The number of aliphatic hydroxyl groups is 5. The van der Waals surface area contributed by atoms with E-state index < -0.39 is 37.3 Å². The second-order valence-corrected chi connectivity index (χ2v) is 17.5. The molecule has 1 saturated heterocycles. The molecule has 2 spiro atoms. The van der Waals surface area contributed by atoms with E-state index in [0.717, 1.165) is 40.4 Å². The van der Waals surface area contributed by atoms with Crippen LogP contribution in [-0.4, -0.2) is 62.8 Å². The number of hydrogen-bond donors (Lipinski definition) is 5. The van der Waals surface area contributed by atoms with Gasteiger partial charge in [0, 0.05) is 0 Å². The first kappa shape index (κ1) is 33.1. The summed E-state index contributed by atoms with van der Waals surface area (Å²) in [6.45, 7) is 17.7. The van der Waals surface area contributed by atoms with E-state index in [1.807, 2.05) is 0 Å². The van der Waals surface area contributed by atoms with Gasteiger partial charge in [-0.15, -0.1) is 0 Å². The molecule has 5 aliphatic carbocycles. The normalized spacial score (nSPS) is 51.4. The van der Waals surface area contributed by atoms with Crippen molar-refractivity contribution in [2.75, 3.05) is 6.61 Å². The smallest absolute Gasteiger partial charge is 0.184 e. The highest BCUT2D eigenvalue weighted by molar-refractivity contribution is 5.30. The molecule has 0 aromatic heterocycles. The molecule has 6 nitrogen and oxygen atoms in total. The van der Waals surface area contributed by atoms with Crippen molar-refractivity contribution in [3.63, 3.8) is 0 Å². The van der Waals surface area contributed by atoms with Crippen LogP contribution in [-0.2, 0) is 4.74 Å². The van der Waals surface area contributed by atoms with Gasteiger partial charge in [-0.25, -0.2) is 0 Å². The SMILES string of the molecule is CC(C)CCC[C@@H](C)[C@H]1CC[C@@]2(C)[C@@H]3CCC4C(C)(C)CCC[C@@]45CC35CC[C@]12C.OC[C@H]1O[C@@H](O)[C@H](O)[C@@H](O)[C@@H]1O. The summed E-state index contributed by atoms with van der Waals surface area (Å²) in [5, 5.41) is 44.7. The Morgan fingerprint density at radius 3 is 2.05 bits per heavy atom. The average Bonchev–Trinajstić information content (AvgIpc) is 3.50. The van der Waals surface area contributed by atoms with Crippen molar-refractivity contribution >= 4 is 0 Å². The third kappa shape index (κ3) is 4.96. The first-order chi connectivity index (χ1) is 19.6. The van der Waals surface area contributed by atoms with Crippen molar-refractivity contribution in [1.82, 2.24) is 0 Å². The Hall–Kier alpha value is -0.240. The summed E-state index contributed by atoms with van der Waals surface area (Å²) in [6, 6.07) is 0. The Balaban J connectivity index is 0.000000248. The molecular weight excluding hydrogens is 528 g/mol. The summed E-state index contributed by atoms with van der Waals surface area (Å²) in [6.07, 6.45) is 12.9. The first-order valence-corrected chi connectivity index (χ1v) is 17.6. The van der Waals surface area contributed by atoms with E-state index in [0.29, 0.717) is 16.2 Å². The minimum absolute atomic E-state index is 0.526. The van der Waals surface area contributed by atoms with Crippen LogP contribution in [0.15, 0.2) is 0 Å². The van der Waals surface area contributed by atoms with Crippen LogP contribution < -0.4 is 0 Å². The second kappa shape index (κ2) is 11.5. The molecule has 1 heterocycles. The van der Waals surface area contributed by atoms with Gasteiger partial charge in [0.05, 0.1) is 6.61 Å². The lowest BCUT2D eigenvalue weighted by Crippen LogP contribution is -2.58. The molecule has 5 saturated carbocycles. The Bertz CT molecular complexity index is 948. The maximum Gasteiger partial charge on any atom is 0.184 e. The maximum absolute atomic E-state index is 9.12. The van der Waals surface area contributed by atoms with E-state index in [1.54, 1.807) is 44.9 Å². The van der Waals surface area contributed by atoms with Crippen LogP contribution in [0.4, 0.5) is 0 Å². The third-order valence-electron chi connectivity index (χ3n) is 14.9. The summed E-state index contributed by atoms with van der Waals surface area (Å²) in [7, 11) is 0. The van der Waals surface area contributed by atoms with Crippen LogP contribution in [0.3, 0.4) is 0 Å². The predicted octanol–water partition coefficient (Wildman–Crippen LogP) is 6.06. The molecule has 2 unspecified atom stereocenters. The number of rotatable bonds is 6. The molecule has 42 heavy (non-hydrogen) atoms. The number of ether oxygens (including phenoxy) is 1. The maximum atomic E-state index is 9.12. The fourth-order valence-corrected chi connectivity index (χ4v) is 12.5. The number of hydrogen-bond acceptors (Lipinski definition) is 6. The van der Waals surface area contributed by atoms with Crippen LogP contribution in [0, 0.1) is 56.7 Å². The molecule has 5 N–H and O–H groups in total. The van der Waals surface area contributed by atoms with Gasteiger partial charge in [-0.3, -0.25) is 0 Å². The summed E-state index contributed by atoms with van der Waals surface area (Å²) >= 11 is 0. The van der Waals surface area contributed by atoms with Gasteiger partial charge in [-0.1, -0.05) is 74.1 Å². The first-order valence-electron chi connectivity index (χ1n) is 17.6. The highest BCUT2D eigenvalue weighted by atomic mass is 16.6. The van der Waals surface area contributed by atoms with E-state index in [2.05, 4.69) is 53.2 Å². The summed E-state index contributed by atoms with van der Waals surface area (Å²) < 4.78 is 4.58. The standard InChI is InChI=1S/C30H52.C6H12O6/c1-21(2)10-8-11-22(3)23-14-17-28(7)25-13-12-24-26(4,5)15-9-16-29(24)20-30(25,29)19-18-27(23,28)6;7-1-2-3(8)4(9)5(10)6(11)12-2/h21-25H,8-20H2,1-7H3;2-11H,1H2/t22-,23-,24?,25+,27-,28+,29-,30?;2-,3-,4+,5-,6-/m11/s1. The molecule has 1 aliphatic heterocycles. The highest BCUT2D eigenvalue weighted by Crippen LogP contribution is 2.89. The van der Waals surface area contributed by atoms with Gasteiger partial charge in [0.15, 0.2) is 6.29 Å². The molecule has 0 aromatic carbocycles. The molecule has 244 valence electrons. The van der Waals surface area contributed by atoms with Gasteiger partial charge < -0.3 is 30.3 Å². The van der Waals surface area contributed by atoms with E-state index in [4.69, 9.17) is 25.5 Å². The van der Waals surface area contributed by atoms with Crippen LogP contribution in [0.25, 0.3) is 0 Å². The van der Waals surface area contributed by atoms with E-state index in [9.17, 15) is 0 Å². The highest BCUT2D eigenvalue weighted by Gasteiger charge is 2.81. The summed E-state index contributed by atoms with van der Waals surface area (Å²) in [4.78, 5) is 0. The van der Waals surface area contributed by atoms with Crippen LogP contribution >= 0.6 is 0 Å². The minimum atomic E-state index is -1.57. The Morgan fingerprint density at radius 1 is 0.714 bits per heavy atom. The van der Waals surface area contributed by atoms with E-state index in [1.165, 1.54) is 38.5 Å². The molecule has 6 aliphatic rings. The lowest BCUT2D eigenvalue weighted by Gasteiger charge is -2.63. The predicted molar refractivity (Wildman–Crippen MR) is 165 cm³/mol. The molecule has 6 fully saturated rings. The quantitative estimate of drug-likeness (QED) is 0.257. The topological polar surface area (TPSA) is 110 Å². The zero-order valence-corrected chi connectivity index (χ0v) is 27.8. The Labute approximate surface area is 256 Å². The number of fused-ring (bicyclic) bond motifs is 2. The average molecular weight is 593 g/mol. The lowest BCUT2D eigenvalue weighted by molar-refractivity contribution is -0.286. The van der Waals surface area contributed by atoms with Crippen LogP contribution in [0.5, 0.6) is 0 Å². The largest absolute Gasteiger partial charge is 0.394 e. The molecule has 0 amide bonds. The molecular formula is C36H64O6. The van der Waals surface area contributed by atoms with Crippen molar-refractivity contribution in [2.45, 2.75) is 163 Å². The monoisotopic (exact) mass is 592 g/mol. The third-order valence-corrected chi connectivity index (χ3v) is 14.9. The molecule has 0 aromatic rings. The Kier molecular flexibility index (Phi) is 9.09. The second-order valence-electron chi connectivity index (χ2n) is 17.5. The van der Waals surface area contributed by atoms with Crippen molar-refractivity contribution in [1.29, 1.82) is 0 Å². The molecule has 0 bridgehead atoms. The van der Waals surface area contributed by atoms with Crippen LogP contribution in [0.1, 0.15) is 132 Å². The van der Waals surface area contributed by atoms with Crippen molar-refractivity contribution in [3.8, 4) is 0 Å². The van der Waals surface area contributed by atoms with Gasteiger partial charge in [0.25, 0.3) is 0 Å². The number of aliphatic hydroxyl groups excluding tert-OH is 5. The molecule has 6 rings (SSSR count). The minimum Gasteiger partial charge on any atom is -0.394 e. The van der Waals surface area contributed by atoms with Gasteiger partial charge >= 0.3 is 0 Å². The fraction of sp³-hybridized carbons (Fsp3) is 1.00. The lowest BCUT2D eigenvalue weighted by atomic mass is 9.42. The van der Waals surface area contributed by atoms with Gasteiger partial charge in [-0.2, -0.15) is 0 Å². The molecule has 13 atom stereocenters. The zero-order chi connectivity index (χ0) is 30.9. The van der Waals surface area contributed by atoms with Gasteiger partial charge in [-0.05, 0) is 114 Å². The van der Waals surface area contributed by atoms with Crippen molar-refractivity contribution in [3.05, 3.63) is 0 Å². The van der Waals surface area contributed by atoms with Crippen LogP contribution in [0.2, 0.25) is 0 Å². The zero-order valence-electron chi connectivity index (χ0n) is 27.8. The summed E-state index contributed by atoms with van der Waals surface area (Å²) in [5.41, 5.74) is 3.37. The molecule has 0 radical (unpaired) electrons. The van der Waals surface area contributed by atoms with Crippen molar-refractivity contribution < 1.29 is 30.3 Å². The van der Waals surface area contributed by atoms with Gasteiger partial charge in [0.1, 0.15) is 24.4 Å². The van der Waals surface area contributed by atoms with Crippen molar-refractivity contribution in [2.24, 2.45) is 56.7 Å². The van der Waals surface area contributed by atoms with E-state index >= 15 is 0 Å². The van der Waals surface area contributed by atoms with Gasteiger partial charge in [0.2, 0.25) is 0 Å². The fourth-order valence-electron chi connectivity index (χ4n) is 12.5. The summed E-state index contributed by atoms with van der Waals surface area (Å²) in [5.74, 6) is 4.87. The van der Waals surface area contributed by atoms with E-state index in [-0.39, 0.29) is 0 Å². The molecule has 6 heteroatoms.